The maximum atomic E-state index is 12.2. The van der Waals surface area contributed by atoms with Crippen molar-refractivity contribution in [3.05, 3.63) is 0 Å². The first-order valence-electron chi connectivity index (χ1n) is 6.58. The van der Waals surface area contributed by atoms with E-state index in [9.17, 15) is 4.79 Å². The molecule has 0 aromatic carbocycles. The van der Waals surface area contributed by atoms with Crippen LogP contribution in [0.15, 0.2) is 0 Å². The minimum Gasteiger partial charge on any atom is -0.303 e. The molecule has 2 aliphatic rings. The molecule has 16 heavy (non-hydrogen) atoms. The highest BCUT2D eigenvalue weighted by molar-refractivity contribution is 5.84. The van der Waals surface area contributed by atoms with E-state index < -0.39 is 0 Å². The predicted octanol–water partition coefficient (Wildman–Crippen LogP) is 1.38. The number of nitrogens with zero attached hydrogens (tertiary/aromatic N) is 2. The zero-order valence-electron chi connectivity index (χ0n) is 10.6. The number of likely N-dealkylation sites (N-methyl/N-ethyl adjacent to an activating group) is 2. The van der Waals surface area contributed by atoms with E-state index in [0.29, 0.717) is 11.7 Å². The lowest BCUT2D eigenvalue weighted by atomic mass is 9.95. The Labute approximate surface area is 98.8 Å². The van der Waals surface area contributed by atoms with Gasteiger partial charge >= 0.3 is 0 Å². The topological polar surface area (TPSA) is 23.6 Å². The standard InChI is InChI=1S/C13H24N2O/c1-14-7-8-15(2)12(10-14)13(16)9-11-5-3-4-6-11/h11-12H,3-10H2,1-2H3. The van der Waals surface area contributed by atoms with E-state index in [1.807, 2.05) is 0 Å². The molecule has 1 aliphatic carbocycles. The Kier molecular flexibility index (Phi) is 3.98. The van der Waals surface area contributed by atoms with E-state index in [-0.39, 0.29) is 6.04 Å². The summed E-state index contributed by atoms with van der Waals surface area (Å²) in [7, 11) is 4.20. The Morgan fingerprint density at radius 3 is 2.56 bits per heavy atom. The SMILES string of the molecule is CN1CCN(C)C(C(=O)CC2CCCC2)C1. The molecule has 1 unspecified atom stereocenters. The highest BCUT2D eigenvalue weighted by atomic mass is 16.1. The van der Waals surface area contributed by atoms with Gasteiger partial charge in [-0.1, -0.05) is 25.7 Å². The van der Waals surface area contributed by atoms with Gasteiger partial charge in [-0.15, -0.1) is 0 Å². The fourth-order valence-corrected chi connectivity index (χ4v) is 2.99. The van der Waals surface area contributed by atoms with Crippen LogP contribution in [0, 0.1) is 5.92 Å². The first-order chi connectivity index (χ1) is 7.66. The Balaban J connectivity index is 1.86. The average Bonchev–Trinajstić information content (AvgIpc) is 2.74. The van der Waals surface area contributed by atoms with Crippen LogP contribution in [0.2, 0.25) is 0 Å². The summed E-state index contributed by atoms with van der Waals surface area (Å²) in [5, 5.41) is 0. The van der Waals surface area contributed by atoms with Crippen molar-refractivity contribution in [1.29, 1.82) is 0 Å². The van der Waals surface area contributed by atoms with Crippen LogP contribution in [0.3, 0.4) is 0 Å². The van der Waals surface area contributed by atoms with E-state index in [4.69, 9.17) is 0 Å². The summed E-state index contributed by atoms with van der Waals surface area (Å²) in [4.78, 5) is 16.8. The average molecular weight is 224 g/mol. The fourth-order valence-electron chi connectivity index (χ4n) is 2.99. The molecule has 0 spiro atoms. The summed E-state index contributed by atoms with van der Waals surface area (Å²) in [6.45, 7) is 3.03. The molecule has 92 valence electrons. The van der Waals surface area contributed by atoms with E-state index in [2.05, 4.69) is 23.9 Å². The Hall–Kier alpha value is -0.410. The predicted molar refractivity (Wildman–Crippen MR) is 65.5 cm³/mol. The van der Waals surface area contributed by atoms with Crippen molar-refractivity contribution < 1.29 is 4.79 Å². The van der Waals surface area contributed by atoms with Crippen LogP contribution in [-0.4, -0.2) is 55.4 Å². The quantitative estimate of drug-likeness (QED) is 0.723. The van der Waals surface area contributed by atoms with Gasteiger partial charge in [-0.25, -0.2) is 0 Å². The van der Waals surface area contributed by atoms with Gasteiger partial charge in [0.15, 0.2) is 5.78 Å². The van der Waals surface area contributed by atoms with Gasteiger partial charge in [-0.3, -0.25) is 9.69 Å². The van der Waals surface area contributed by atoms with Crippen molar-refractivity contribution in [2.75, 3.05) is 33.7 Å². The van der Waals surface area contributed by atoms with Crippen LogP contribution in [0.25, 0.3) is 0 Å². The first kappa shape index (κ1) is 12.1. The van der Waals surface area contributed by atoms with E-state index in [1.54, 1.807) is 0 Å². The zero-order chi connectivity index (χ0) is 11.5. The molecule has 0 amide bonds. The Morgan fingerprint density at radius 2 is 1.88 bits per heavy atom. The fraction of sp³-hybridized carbons (Fsp3) is 0.923. The van der Waals surface area contributed by atoms with Crippen molar-refractivity contribution in [2.24, 2.45) is 5.92 Å². The molecular weight excluding hydrogens is 200 g/mol. The third-order valence-corrected chi connectivity index (χ3v) is 4.19. The van der Waals surface area contributed by atoms with Crippen molar-refractivity contribution in [3.8, 4) is 0 Å². The van der Waals surface area contributed by atoms with Crippen molar-refractivity contribution in [2.45, 2.75) is 38.1 Å². The number of piperazine rings is 1. The van der Waals surface area contributed by atoms with Crippen molar-refractivity contribution >= 4 is 5.78 Å². The van der Waals surface area contributed by atoms with Gasteiger partial charge in [0.2, 0.25) is 0 Å². The lowest BCUT2D eigenvalue weighted by molar-refractivity contribution is -0.126. The zero-order valence-corrected chi connectivity index (χ0v) is 10.6. The van der Waals surface area contributed by atoms with Crippen molar-refractivity contribution in [3.63, 3.8) is 0 Å². The number of rotatable bonds is 3. The number of hydrogen-bond acceptors (Lipinski definition) is 3. The maximum absolute atomic E-state index is 12.2. The van der Waals surface area contributed by atoms with Gasteiger partial charge in [0.05, 0.1) is 6.04 Å². The smallest absolute Gasteiger partial charge is 0.151 e. The molecule has 0 bridgehead atoms. The minimum atomic E-state index is 0.152. The van der Waals surface area contributed by atoms with Crippen LogP contribution in [0.1, 0.15) is 32.1 Å². The molecule has 2 rings (SSSR count). The molecule has 3 nitrogen and oxygen atoms in total. The van der Waals surface area contributed by atoms with Crippen LogP contribution < -0.4 is 0 Å². The molecule has 0 radical (unpaired) electrons. The Bertz CT molecular complexity index is 248. The van der Waals surface area contributed by atoms with Crippen LogP contribution in [0.5, 0.6) is 0 Å². The van der Waals surface area contributed by atoms with Gasteiger partial charge < -0.3 is 4.90 Å². The highest BCUT2D eigenvalue weighted by Crippen LogP contribution is 2.28. The third kappa shape index (κ3) is 2.83. The van der Waals surface area contributed by atoms with Gasteiger partial charge in [0.1, 0.15) is 0 Å². The van der Waals surface area contributed by atoms with Crippen molar-refractivity contribution in [1.82, 2.24) is 9.80 Å². The molecule has 0 N–H and O–H groups in total. The van der Waals surface area contributed by atoms with Gasteiger partial charge in [-0.05, 0) is 20.0 Å². The van der Waals surface area contributed by atoms with E-state index >= 15 is 0 Å². The summed E-state index contributed by atoms with van der Waals surface area (Å²) in [6, 6.07) is 0.152. The summed E-state index contributed by atoms with van der Waals surface area (Å²) in [5.41, 5.74) is 0. The summed E-state index contributed by atoms with van der Waals surface area (Å²) >= 11 is 0. The normalized spacial score (nSPS) is 29.8. The lowest BCUT2D eigenvalue weighted by Crippen LogP contribution is -2.53. The van der Waals surface area contributed by atoms with E-state index in [0.717, 1.165) is 26.1 Å². The molecule has 2 fully saturated rings. The summed E-state index contributed by atoms with van der Waals surface area (Å²) in [5.74, 6) is 1.16. The largest absolute Gasteiger partial charge is 0.303 e. The van der Waals surface area contributed by atoms with Crippen LogP contribution in [-0.2, 0) is 4.79 Å². The molecule has 1 heterocycles. The molecular formula is C13H24N2O. The molecule has 0 aromatic rings. The molecule has 1 saturated carbocycles. The number of Topliss-reactive ketones (excluding diaryl/α,β-unsaturated/α-hetero) is 1. The minimum absolute atomic E-state index is 0.152. The van der Waals surface area contributed by atoms with Crippen LogP contribution in [0.4, 0.5) is 0 Å². The second-order valence-electron chi connectivity index (χ2n) is 5.58. The first-order valence-corrected chi connectivity index (χ1v) is 6.58. The summed E-state index contributed by atoms with van der Waals surface area (Å²) < 4.78 is 0. The van der Waals surface area contributed by atoms with Gasteiger partial charge in [0.25, 0.3) is 0 Å². The third-order valence-electron chi connectivity index (χ3n) is 4.19. The van der Waals surface area contributed by atoms with E-state index in [1.165, 1.54) is 25.7 Å². The second kappa shape index (κ2) is 5.28. The maximum Gasteiger partial charge on any atom is 0.151 e. The van der Waals surface area contributed by atoms with Crippen LogP contribution >= 0.6 is 0 Å². The molecule has 1 aliphatic heterocycles. The van der Waals surface area contributed by atoms with Gasteiger partial charge in [-0.2, -0.15) is 0 Å². The second-order valence-corrected chi connectivity index (χ2v) is 5.58. The number of carbonyl (C=O) groups is 1. The monoisotopic (exact) mass is 224 g/mol. The van der Waals surface area contributed by atoms with Gasteiger partial charge in [0, 0.05) is 26.1 Å². The lowest BCUT2D eigenvalue weighted by Gasteiger charge is -2.37. The Morgan fingerprint density at radius 1 is 1.19 bits per heavy atom. The number of ketones is 1. The number of hydrogen-bond donors (Lipinski definition) is 0. The highest BCUT2D eigenvalue weighted by Gasteiger charge is 2.30. The number of carbonyl (C=O) groups excluding carboxylic acids is 1. The molecule has 0 aromatic heterocycles. The molecule has 1 atom stereocenters. The molecule has 3 heteroatoms. The summed E-state index contributed by atoms with van der Waals surface area (Å²) in [6.07, 6.45) is 6.04. The molecule has 1 saturated heterocycles.